The largest absolute Gasteiger partial charge is 0.431 e. The van der Waals surface area contributed by atoms with Crippen LogP contribution in [0.2, 0.25) is 5.02 Å². The van der Waals surface area contributed by atoms with E-state index in [4.69, 9.17) is 11.6 Å². The van der Waals surface area contributed by atoms with Gasteiger partial charge < -0.3 is 0 Å². The van der Waals surface area contributed by atoms with Gasteiger partial charge in [-0.25, -0.2) is 18.7 Å². The number of rotatable bonds is 4. The minimum absolute atomic E-state index is 0.0507. The van der Waals surface area contributed by atoms with E-state index in [0.717, 1.165) is 30.9 Å². The van der Waals surface area contributed by atoms with Crippen molar-refractivity contribution in [3.05, 3.63) is 55.6 Å². The number of hydrogen-bond acceptors (Lipinski definition) is 5. The maximum atomic E-state index is 14.6. The average Bonchev–Trinajstić information content (AvgIpc) is 3.01. The molecule has 1 aliphatic heterocycles. The first-order valence-electron chi connectivity index (χ1n) is 8.87. The third-order valence-corrected chi connectivity index (χ3v) is 5.65. The van der Waals surface area contributed by atoms with Crippen molar-refractivity contribution < 1.29 is 22.4 Å². The SMILES string of the molecule is CCCN1C(=O)CSC1=Nc1cc(-n2c(=O)cc(C(F)(F)F)n(C)c2=O)c(F)cc1Cl. The molecule has 2 aromatic rings. The lowest BCUT2D eigenvalue weighted by Crippen LogP contribution is -2.41. The molecule has 7 nitrogen and oxygen atoms in total. The van der Waals surface area contributed by atoms with Gasteiger partial charge in [0.05, 0.1) is 22.2 Å². The first-order valence-corrected chi connectivity index (χ1v) is 10.2. The molecule has 0 bridgehead atoms. The molecular weight excluding hydrogens is 464 g/mol. The van der Waals surface area contributed by atoms with Crippen LogP contribution in [-0.2, 0) is 18.0 Å². The van der Waals surface area contributed by atoms with Crippen LogP contribution in [0.1, 0.15) is 19.0 Å². The van der Waals surface area contributed by atoms with E-state index < -0.39 is 34.6 Å². The van der Waals surface area contributed by atoms with Crippen LogP contribution in [0.15, 0.2) is 32.8 Å². The standard InChI is InChI=1S/C18H15ClF4N4O3S/c1-3-4-26-15(29)8-31-16(26)24-11-6-12(10(20)5-9(11)19)27-14(28)7-13(18(21,22)23)25(2)17(27)30/h5-7H,3-4,8H2,1-2H3. The molecule has 13 heteroatoms. The number of amidine groups is 1. The molecule has 31 heavy (non-hydrogen) atoms. The van der Waals surface area contributed by atoms with Crippen molar-refractivity contribution in [3.63, 3.8) is 0 Å². The summed E-state index contributed by atoms with van der Waals surface area (Å²) in [6.45, 7) is 2.26. The van der Waals surface area contributed by atoms with Crippen LogP contribution < -0.4 is 11.2 Å². The van der Waals surface area contributed by atoms with Crippen LogP contribution in [0.25, 0.3) is 5.69 Å². The van der Waals surface area contributed by atoms with Gasteiger partial charge in [-0.15, -0.1) is 0 Å². The molecule has 1 aliphatic rings. The van der Waals surface area contributed by atoms with Gasteiger partial charge in [-0.3, -0.25) is 19.1 Å². The summed E-state index contributed by atoms with van der Waals surface area (Å²) >= 11 is 7.18. The topological polar surface area (TPSA) is 76.7 Å². The smallest absolute Gasteiger partial charge is 0.292 e. The second-order valence-electron chi connectivity index (χ2n) is 6.53. The third kappa shape index (κ3) is 4.40. The van der Waals surface area contributed by atoms with Crippen LogP contribution in [0.4, 0.5) is 23.2 Å². The number of amides is 1. The number of aromatic nitrogens is 2. The van der Waals surface area contributed by atoms with Crippen molar-refractivity contribution in [2.45, 2.75) is 19.5 Å². The van der Waals surface area contributed by atoms with Crippen LogP contribution in [0.3, 0.4) is 0 Å². The summed E-state index contributed by atoms with van der Waals surface area (Å²) in [6.07, 6.45) is -4.29. The van der Waals surface area contributed by atoms with E-state index >= 15 is 0 Å². The summed E-state index contributed by atoms with van der Waals surface area (Å²) < 4.78 is 54.2. The number of aliphatic imine (C=N–C) groups is 1. The van der Waals surface area contributed by atoms with E-state index in [-0.39, 0.29) is 37.6 Å². The fourth-order valence-corrected chi connectivity index (χ4v) is 4.04. The molecule has 166 valence electrons. The summed E-state index contributed by atoms with van der Waals surface area (Å²) in [5, 5.41) is 0.140. The van der Waals surface area contributed by atoms with Crippen LogP contribution >= 0.6 is 23.4 Å². The molecule has 0 aliphatic carbocycles. The molecule has 1 aromatic heterocycles. The lowest BCUT2D eigenvalue weighted by Gasteiger charge is -2.16. The van der Waals surface area contributed by atoms with Crippen LogP contribution in [0, 0.1) is 5.82 Å². The zero-order chi connectivity index (χ0) is 23.1. The van der Waals surface area contributed by atoms with Crippen molar-refractivity contribution in [1.82, 2.24) is 14.0 Å². The van der Waals surface area contributed by atoms with Gasteiger partial charge in [0.25, 0.3) is 5.56 Å². The molecule has 0 spiro atoms. The van der Waals surface area contributed by atoms with E-state index in [0.29, 0.717) is 18.1 Å². The maximum Gasteiger partial charge on any atom is 0.431 e. The average molecular weight is 479 g/mol. The molecule has 1 fully saturated rings. The van der Waals surface area contributed by atoms with E-state index in [1.54, 1.807) is 0 Å². The molecule has 1 amide bonds. The second kappa shape index (κ2) is 8.50. The normalized spacial score (nSPS) is 15.9. The van der Waals surface area contributed by atoms with Crippen molar-refractivity contribution in [1.29, 1.82) is 0 Å². The fourth-order valence-electron chi connectivity index (χ4n) is 2.93. The highest BCUT2D eigenvalue weighted by molar-refractivity contribution is 8.15. The van der Waals surface area contributed by atoms with E-state index in [1.165, 1.54) is 4.90 Å². The lowest BCUT2D eigenvalue weighted by molar-refractivity contribution is -0.144. The summed E-state index contributed by atoms with van der Waals surface area (Å²) in [4.78, 5) is 42.4. The summed E-state index contributed by atoms with van der Waals surface area (Å²) in [5.41, 5.74) is -4.89. The Kier molecular flexibility index (Phi) is 6.33. The van der Waals surface area contributed by atoms with Gasteiger partial charge in [0.2, 0.25) is 5.91 Å². The molecule has 2 heterocycles. The van der Waals surface area contributed by atoms with Crippen molar-refractivity contribution in [3.8, 4) is 5.69 Å². The van der Waals surface area contributed by atoms with Gasteiger partial charge >= 0.3 is 11.9 Å². The third-order valence-electron chi connectivity index (χ3n) is 4.39. The number of alkyl halides is 3. The molecule has 0 atom stereocenters. The number of carbonyl (C=O) groups is 1. The predicted octanol–water partition coefficient (Wildman–Crippen LogP) is 3.32. The Labute approximate surface area is 181 Å². The molecule has 3 rings (SSSR count). The molecule has 1 saturated heterocycles. The number of carbonyl (C=O) groups excluding carboxylic acids is 1. The second-order valence-corrected chi connectivity index (χ2v) is 7.88. The monoisotopic (exact) mass is 478 g/mol. The highest BCUT2D eigenvalue weighted by Gasteiger charge is 2.35. The quantitative estimate of drug-likeness (QED) is 0.632. The van der Waals surface area contributed by atoms with Gasteiger partial charge in [0.1, 0.15) is 11.5 Å². The van der Waals surface area contributed by atoms with E-state index in [1.807, 2.05) is 6.92 Å². The molecule has 0 saturated carbocycles. The van der Waals surface area contributed by atoms with Gasteiger partial charge in [0, 0.05) is 19.7 Å². The van der Waals surface area contributed by atoms with Crippen molar-refractivity contribution in [2.75, 3.05) is 12.3 Å². The highest BCUT2D eigenvalue weighted by atomic mass is 35.5. The number of benzene rings is 1. The number of hydrogen-bond donors (Lipinski definition) is 0. The van der Waals surface area contributed by atoms with Crippen molar-refractivity contribution in [2.24, 2.45) is 12.0 Å². The number of thioether (sulfide) groups is 1. The Bertz CT molecular complexity index is 1210. The summed E-state index contributed by atoms with van der Waals surface area (Å²) in [7, 11) is 0.819. The van der Waals surface area contributed by atoms with Gasteiger partial charge in [-0.05, 0) is 18.6 Å². The number of nitrogens with zero attached hydrogens (tertiary/aromatic N) is 4. The maximum absolute atomic E-state index is 14.6. The van der Waals surface area contributed by atoms with Crippen LogP contribution in [-0.4, -0.2) is 37.4 Å². The van der Waals surface area contributed by atoms with E-state index in [9.17, 15) is 31.9 Å². The first-order chi connectivity index (χ1) is 14.5. The Balaban J connectivity index is 2.19. The van der Waals surface area contributed by atoms with Crippen molar-refractivity contribution >= 4 is 40.1 Å². The predicted molar refractivity (Wildman–Crippen MR) is 109 cm³/mol. The Morgan fingerprint density at radius 3 is 2.48 bits per heavy atom. The van der Waals surface area contributed by atoms with Crippen LogP contribution in [0.5, 0.6) is 0 Å². The number of halogens is 5. The molecule has 0 radical (unpaired) electrons. The Hall–Kier alpha value is -2.60. The molecule has 0 N–H and O–H groups in total. The molecule has 1 aromatic carbocycles. The van der Waals surface area contributed by atoms with Gasteiger partial charge in [-0.2, -0.15) is 13.2 Å². The molecule has 0 unspecified atom stereocenters. The zero-order valence-corrected chi connectivity index (χ0v) is 17.7. The first kappa shape index (κ1) is 23.1. The van der Waals surface area contributed by atoms with Gasteiger partial charge in [0.15, 0.2) is 5.17 Å². The minimum atomic E-state index is -4.95. The molecular formula is C18H15ClF4N4O3S. The zero-order valence-electron chi connectivity index (χ0n) is 16.2. The Morgan fingerprint density at radius 1 is 1.19 bits per heavy atom. The lowest BCUT2D eigenvalue weighted by atomic mass is 10.2. The minimum Gasteiger partial charge on any atom is -0.292 e. The van der Waals surface area contributed by atoms with E-state index in [2.05, 4.69) is 4.99 Å². The summed E-state index contributed by atoms with van der Waals surface area (Å²) in [6, 6.07) is 1.98. The van der Waals surface area contributed by atoms with Gasteiger partial charge in [-0.1, -0.05) is 30.3 Å². The Morgan fingerprint density at radius 2 is 1.87 bits per heavy atom. The highest BCUT2D eigenvalue weighted by Crippen LogP contribution is 2.32. The summed E-state index contributed by atoms with van der Waals surface area (Å²) in [5.74, 6) is -1.12. The fraction of sp³-hybridized carbons (Fsp3) is 0.333.